The lowest BCUT2D eigenvalue weighted by atomic mass is 10.1. The van der Waals surface area contributed by atoms with Crippen molar-refractivity contribution in [1.29, 1.82) is 0 Å². The number of benzene rings is 1. The van der Waals surface area contributed by atoms with Crippen molar-refractivity contribution in [3.8, 4) is 0 Å². The molecule has 1 aliphatic rings. The lowest BCUT2D eigenvalue weighted by Gasteiger charge is -2.24. The number of aryl methyl sites for hydroxylation is 1. The molecule has 0 aliphatic carbocycles. The highest BCUT2D eigenvalue weighted by molar-refractivity contribution is 7.89. The van der Waals surface area contributed by atoms with E-state index in [0.717, 1.165) is 18.4 Å². The van der Waals surface area contributed by atoms with Crippen LogP contribution in [0.2, 0.25) is 0 Å². The fourth-order valence-electron chi connectivity index (χ4n) is 3.11. The zero-order valence-electron chi connectivity index (χ0n) is 13.3. The first-order valence-electron chi connectivity index (χ1n) is 7.73. The highest BCUT2D eigenvalue weighted by atomic mass is 32.2. The van der Waals surface area contributed by atoms with Crippen molar-refractivity contribution in [3.63, 3.8) is 0 Å². The molecular weight excluding hydrogens is 326 g/mol. The number of nitrogens with zero attached hydrogens (tertiary/aromatic N) is 2. The number of nitrogens with two attached hydrogens (primary N) is 1. The second-order valence-corrected chi connectivity index (χ2v) is 7.79. The predicted molar refractivity (Wildman–Crippen MR) is 89.8 cm³/mol. The van der Waals surface area contributed by atoms with Crippen molar-refractivity contribution < 1.29 is 13.2 Å². The number of carbonyl (C=O) groups is 1. The number of pyridine rings is 1. The monoisotopic (exact) mass is 345 g/mol. The van der Waals surface area contributed by atoms with E-state index in [4.69, 9.17) is 5.73 Å². The van der Waals surface area contributed by atoms with E-state index in [1.807, 2.05) is 12.1 Å². The third-order valence-electron chi connectivity index (χ3n) is 4.38. The van der Waals surface area contributed by atoms with Gasteiger partial charge in [-0.15, -0.1) is 0 Å². The molecule has 1 fully saturated rings. The molecule has 1 amide bonds. The average Bonchev–Trinajstić information content (AvgIpc) is 3.06. The zero-order chi connectivity index (χ0) is 17.3. The van der Waals surface area contributed by atoms with Gasteiger partial charge in [0, 0.05) is 24.5 Å². The summed E-state index contributed by atoms with van der Waals surface area (Å²) in [7, 11) is -3.70. The van der Waals surface area contributed by atoms with Gasteiger partial charge in [-0.2, -0.15) is 4.31 Å². The number of hydrogen-bond acceptors (Lipinski definition) is 4. The molecule has 126 valence electrons. The van der Waals surface area contributed by atoms with Crippen LogP contribution in [0.25, 0.3) is 0 Å². The molecular formula is C17H19N3O3S. The summed E-state index contributed by atoms with van der Waals surface area (Å²) < 4.78 is 27.6. The maximum atomic E-state index is 13.1. The first-order valence-corrected chi connectivity index (χ1v) is 9.17. The van der Waals surface area contributed by atoms with Gasteiger partial charge in [-0.05, 0) is 55.2 Å². The SMILES string of the molecule is Cc1ccc(S(=O)(=O)N2CCC[C@H]2c2ccncc2)cc1C(N)=O. The van der Waals surface area contributed by atoms with Crippen LogP contribution in [-0.4, -0.2) is 30.2 Å². The van der Waals surface area contributed by atoms with Gasteiger partial charge in [0.1, 0.15) is 0 Å². The molecule has 7 heteroatoms. The van der Waals surface area contributed by atoms with E-state index in [2.05, 4.69) is 4.98 Å². The second kappa shape index (κ2) is 6.33. The summed E-state index contributed by atoms with van der Waals surface area (Å²) in [6.07, 6.45) is 4.88. The molecule has 1 aromatic heterocycles. The van der Waals surface area contributed by atoms with Gasteiger partial charge in [0.05, 0.1) is 10.9 Å². The van der Waals surface area contributed by atoms with Crippen LogP contribution in [0.1, 0.15) is 40.4 Å². The number of rotatable bonds is 4. The molecule has 1 atom stereocenters. The maximum absolute atomic E-state index is 13.1. The zero-order valence-corrected chi connectivity index (χ0v) is 14.2. The van der Waals surface area contributed by atoms with Gasteiger partial charge in [-0.1, -0.05) is 6.07 Å². The van der Waals surface area contributed by atoms with Crippen LogP contribution >= 0.6 is 0 Å². The van der Waals surface area contributed by atoms with Crippen molar-refractivity contribution >= 4 is 15.9 Å². The average molecular weight is 345 g/mol. The van der Waals surface area contributed by atoms with E-state index in [-0.39, 0.29) is 16.5 Å². The fourth-order valence-corrected chi connectivity index (χ4v) is 4.82. The molecule has 1 saturated heterocycles. The van der Waals surface area contributed by atoms with E-state index >= 15 is 0 Å². The van der Waals surface area contributed by atoms with E-state index in [1.165, 1.54) is 16.4 Å². The molecule has 0 radical (unpaired) electrons. The Morgan fingerprint density at radius 2 is 1.96 bits per heavy atom. The minimum Gasteiger partial charge on any atom is -0.366 e. The summed E-state index contributed by atoms with van der Waals surface area (Å²) in [5, 5.41) is 0. The summed E-state index contributed by atoms with van der Waals surface area (Å²) in [6, 6.07) is 7.97. The molecule has 2 heterocycles. The van der Waals surface area contributed by atoms with Gasteiger partial charge in [0.25, 0.3) is 0 Å². The Bertz CT molecular complexity index is 866. The van der Waals surface area contributed by atoms with Crippen LogP contribution in [-0.2, 0) is 10.0 Å². The van der Waals surface area contributed by atoms with Crippen LogP contribution in [0, 0.1) is 6.92 Å². The smallest absolute Gasteiger partial charge is 0.249 e. The van der Waals surface area contributed by atoms with E-state index in [1.54, 1.807) is 25.4 Å². The summed E-state index contributed by atoms with van der Waals surface area (Å²) in [5.41, 5.74) is 7.16. The minimum atomic E-state index is -3.70. The minimum absolute atomic E-state index is 0.0999. The summed E-state index contributed by atoms with van der Waals surface area (Å²) in [6.45, 7) is 2.18. The van der Waals surface area contributed by atoms with Crippen LogP contribution < -0.4 is 5.73 Å². The van der Waals surface area contributed by atoms with Gasteiger partial charge in [-0.3, -0.25) is 9.78 Å². The van der Waals surface area contributed by atoms with E-state index < -0.39 is 15.9 Å². The first-order chi connectivity index (χ1) is 11.4. The Hall–Kier alpha value is -2.25. The quantitative estimate of drug-likeness (QED) is 0.917. The molecule has 6 nitrogen and oxygen atoms in total. The molecule has 3 rings (SSSR count). The van der Waals surface area contributed by atoms with E-state index in [9.17, 15) is 13.2 Å². The molecule has 2 N–H and O–H groups in total. The molecule has 0 saturated carbocycles. The number of amides is 1. The third kappa shape index (κ3) is 2.92. The summed E-state index contributed by atoms with van der Waals surface area (Å²) in [5.74, 6) is -0.628. The van der Waals surface area contributed by atoms with Gasteiger partial charge in [-0.25, -0.2) is 8.42 Å². The molecule has 1 aliphatic heterocycles. The molecule has 2 aromatic rings. The van der Waals surface area contributed by atoms with Crippen LogP contribution in [0.3, 0.4) is 0 Å². The number of sulfonamides is 1. The van der Waals surface area contributed by atoms with Crippen molar-refractivity contribution in [2.75, 3.05) is 6.54 Å². The Labute approximate surface area is 141 Å². The lowest BCUT2D eigenvalue weighted by Crippen LogP contribution is -2.31. The third-order valence-corrected chi connectivity index (χ3v) is 6.28. The Kier molecular flexibility index (Phi) is 4.38. The topological polar surface area (TPSA) is 93.4 Å². The van der Waals surface area contributed by atoms with Gasteiger partial charge < -0.3 is 5.73 Å². The van der Waals surface area contributed by atoms with Crippen molar-refractivity contribution in [1.82, 2.24) is 9.29 Å². The standard InChI is InChI=1S/C17H19N3O3S/c1-12-4-5-14(11-15(12)17(18)21)24(22,23)20-10-2-3-16(20)13-6-8-19-9-7-13/h4-9,11,16H,2-3,10H2,1H3,(H2,18,21)/t16-/m0/s1. The van der Waals surface area contributed by atoms with Crippen LogP contribution in [0.15, 0.2) is 47.6 Å². The largest absolute Gasteiger partial charge is 0.366 e. The number of aromatic nitrogens is 1. The molecule has 0 bridgehead atoms. The Morgan fingerprint density at radius 3 is 2.62 bits per heavy atom. The van der Waals surface area contributed by atoms with Crippen molar-refractivity contribution in [2.24, 2.45) is 5.73 Å². The van der Waals surface area contributed by atoms with Gasteiger partial charge in [0.15, 0.2) is 0 Å². The maximum Gasteiger partial charge on any atom is 0.249 e. The van der Waals surface area contributed by atoms with Crippen LogP contribution in [0.4, 0.5) is 0 Å². The summed E-state index contributed by atoms with van der Waals surface area (Å²) >= 11 is 0. The highest BCUT2D eigenvalue weighted by Crippen LogP contribution is 2.36. The number of carbonyl (C=O) groups excluding carboxylic acids is 1. The van der Waals surface area contributed by atoms with Gasteiger partial charge >= 0.3 is 0 Å². The fraction of sp³-hybridized carbons (Fsp3) is 0.294. The molecule has 24 heavy (non-hydrogen) atoms. The Morgan fingerprint density at radius 1 is 1.25 bits per heavy atom. The molecule has 0 unspecified atom stereocenters. The van der Waals surface area contributed by atoms with Crippen molar-refractivity contribution in [3.05, 3.63) is 59.4 Å². The van der Waals surface area contributed by atoms with Crippen molar-refractivity contribution in [2.45, 2.75) is 30.7 Å². The number of hydrogen-bond donors (Lipinski definition) is 1. The molecule has 0 spiro atoms. The first kappa shape index (κ1) is 16.6. The predicted octanol–water partition coefficient (Wildman–Crippen LogP) is 2.01. The molecule has 1 aromatic carbocycles. The second-order valence-electron chi connectivity index (χ2n) is 5.90. The highest BCUT2D eigenvalue weighted by Gasteiger charge is 2.36. The van der Waals surface area contributed by atoms with Gasteiger partial charge in [0.2, 0.25) is 15.9 Å². The number of primary amides is 1. The summed E-state index contributed by atoms with van der Waals surface area (Å²) in [4.78, 5) is 15.6. The Balaban J connectivity index is 2.01. The lowest BCUT2D eigenvalue weighted by molar-refractivity contribution is 0.0999. The van der Waals surface area contributed by atoms with Crippen LogP contribution in [0.5, 0.6) is 0 Å². The van der Waals surface area contributed by atoms with E-state index in [0.29, 0.717) is 12.1 Å². The normalized spacial score (nSPS) is 18.6.